The van der Waals surface area contributed by atoms with Crippen molar-refractivity contribution in [3.8, 4) is 11.3 Å². The number of aromatic nitrogens is 3. The van der Waals surface area contributed by atoms with Crippen molar-refractivity contribution >= 4 is 17.4 Å². The standard InChI is InChI=1S/C31H31N5O2/c1-22-16-26(13-14-32-22)29-20-28(33-21-34-29)18-23-6-4-7-24(17-23)19-30(37)25-9-11-27(12-10-25)35-31(38)8-5-15-36(2)3/h4-14,16-17,20-21H,15,18-19H2,1-3H3,(H,35,38)/b8-5+. The fourth-order valence-electron chi connectivity index (χ4n) is 4.00. The molecule has 0 radical (unpaired) electrons. The van der Waals surface area contributed by atoms with E-state index in [-0.39, 0.29) is 18.1 Å². The fourth-order valence-corrected chi connectivity index (χ4v) is 4.00. The second-order valence-electron chi connectivity index (χ2n) is 9.41. The van der Waals surface area contributed by atoms with Crippen LogP contribution in [0.3, 0.4) is 0 Å². The Labute approximate surface area is 223 Å². The van der Waals surface area contributed by atoms with Crippen LogP contribution in [0.4, 0.5) is 5.69 Å². The van der Waals surface area contributed by atoms with E-state index in [9.17, 15) is 9.59 Å². The first-order valence-electron chi connectivity index (χ1n) is 12.4. The zero-order valence-corrected chi connectivity index (χ0v) is 21.9. The molecule has 1 amide bonds. The first-order chi connectivity index (χ1) is 18.4. The van der Waals surface area contributed by atoms with Crippen LogP contribution in [0.1, 0.15) is 32.9 Å². The molecule has 1 N–H and O–H groups in total. The van der Waals surface area contributed by atoms with Crippen LogP contribution >= 0.6 is 0 Å². The van der Waals surface area contributed by atoms with Gasteiger partial charge in [0.05, 0.1) is 5.69 Å². The van der Waals surface area contributed by atoms with Crippen LogP contribution in [-0.2, 0) is 17.6 Å². The Bertz CT molecular complexity index is 1440. The number of rotatable bonds is 10. The Morgan fingerprint density at radius 2 is 1.71 bits per heavy atom. The summed E-state index contributed by atoms with van der Waals surface area (Å²) in [4.78, 5) is 40.0. The van der Waals surface area contributed by atoms with Crippen molar-refractivity contribution in [2.24, 2.45) is 0 Å². The first kappa shape index (κ1) is 26.6. The molecule has 0 aliphatic rings. The lowest BCUT2D eigenvalue weighted by Gasteiger charge is -2.08. The van der Waals surface area contributed by atoms with Crippen molar-refractivity contribution in [2.75, 3.05) is 26.0 Å². The molecular weight excluding hydrogens is 474 g/mol. The number of nitrogens with zero attached hydrogens (tertiary/aromatic N) is 4. The van der Waals surface area contributed by atoms with Gasteiger partial charge < -0.3 is 10.2 Å². The summed E-state index contributed by atoms with van der Waals surface area (Å²) in [7, 11) is 3.87. The molecule has 0 saturated carbocycles. The molecule has 4 rings (SSSR count). The van der Waals surface area contributed by atoms with Crippen LogP contribution in [0.25, 0.3) is 11.3 Å². The highest BCUT2D eigenvalue weighted by atomic mass is 16.1. The number of aryl methyl sites for hydroxylation is 1. The topological polar surface area (TPSA) is 88.1 Å². The summed E-state index contributed by atoms with van der Waals surface area (Å²) in [5, 5.41) is 2.81. The van der Waals surface area contributed by atoms with Crippen molar-refractivity contribution in [2.45, 2.75) is 19.8 Å². The van der Waals surface area contributed by atoms with Crippen molar-refractivity contribution in [3.05, 3.63) is 119 Å². The van der Waals surface area contributed by atoms with Gasteiger partial charge in [0, 0.05) is 59.9 Å². The van der Waals surface area contributed by atoms with E-state index in [0.717, 1.165) is 33.8 Å². The monoisotopic (exact) mass is 505 g/mol. The predicted octanol–water partition coefficient (Wildman–Crippen LogP) is 4.92. The largest absolute Gasteiger partial charge is 0.323 e. The minimum atomic E-state index is -0.200. The Kier molecular flexibility index (Phi) is 8.85. The molecule has 0 aliphatic heterocycles. The third kappa shape index (κ3) is 7.75. The van der Waals surface area contributed by atoms with Gasteiger partial charge in [0.2, 0.25) is 5.91 Å². The molecule has 0 atom stereocenters. The SMILES string of the molecule is Cc1cc(-c2cc(Cc3cccc(CC(=O)c4ccc(NC(=O)/C=C/CN(C)C)cc4)c3)ncn2)ccn1. The Morgan fingerprint density at radius 1 is 0.921 bits per heavy atom. The van der Waals surface area contributed by atoms with Gasteiger partial charge >= 0.3 is 0 Å². The molecule has 4 aromatic rings. The number of carbonyl (C=O) groups excluding carboxylic acids is 2. The molecule has 0 unspecified atom stereocenters. The number of anilines is 1. The fraction of sp³-hybridized carbons (Fsp3) is 0.194. The second kappa shape index (κ2) is 12.7. The third-order valence-corrected chi connectivity index (χ3v) is 5.87. The predicted molar refractivity (Wildman–Crippen MR) is 150 cm³/mol. The third-order valence-electron chi connectivity index (χ3n) is 5.87. The number of pyridine rings is 1. The number of carbonyl (C=O) groups is 2. The summed E-state index contributed by atoms with van der Waals surface area (Å²) in [6, 6.07) is 20.9. The van der Waals surface area contributed by atoms with E-state index >= 15 is 0 Å². The average Bonchev–Trinajstić information content (AvgIpc) is 2.89. The molecule has 38 heavy (non-hydrogen) atoms. The van der Waals surface area contributed by atoms with Crippen molar-refractivity contribution < 1.29 is 9.59 Å². The molecule has 0 fully saturated rings. The quantitative estimate of drug-likeness (QED) is 0.243. The zero-order chi connectivity index (χ0) is 26.9. The van der Waals surface area contributed by atoms with Crippen LogP contribution in [0.15, 0.2) is 91.4 Å². The van der Waals surface area contributed by atoms with Crippen LogP contribution in [0.5, 0.6) is 0 Å². The summed E-state index contributed by atoms with van der Waals surface area (Å²) in [6.45, 7) is 2.64. The van der Waals surface area contributed by atoms with Crippen LogP contribution < -0.4 is 5.32 Å². The summed E-state index contributed by atoms with van der Waals surface area (Å²) in [6.07, 6.45) is 7.60. The highest BCUT2D eigenvalue weighted by Gasteiger charge is 2.10. The van der Waals surface area contributed by atoms with E-state index in [0.29, 0.717) is 24.2 Å². The number of nitrogens with one attached hydrogen (secondary N) is 1. The highest BCUT2D eigenvalue weighted by Crippen LogP contribution is 2.19. The van der Waals surface area contributed by atoms with Gasteiger partial charge in [0.1, 0.15) is 6.33 Å². The maximum absolute atomic E-state index is 12.9. The van der Waals surface area contributed by atoms with Crippen LogP contribution in [-0.4, -0.2) is 52.2 Å². The number of amides is 1. The first-order valence-corrected chi connectivity index (χ1v) is 12.4. The number of hydrogen-bond acceptors (Lipinski definition) is 6. The minimum Gasteiger partial charge on any atom is -0.323 e. The maximum Gasteiger partial charge on any atom is 0.248 e. The molecule has 192 valence electrons. The summed E-state index contributed by atoms with van der Waals surface area (Å²) < 4.78 is 0. The van der Waals surface area contributed by atoms with Gasteiger partial charge in [0.25, 0.3) is 0 Å². The number of Topliss-reactive ketones (excluding diaryl/α,β-unsaturated/α-hetero) is 1. The number of ketones is 1. The Balaban J connectivity index is 1.37. The average molecular weight is 506 g/mol. The molecule has 2 aromatic heterocycles. The number of benzene rings is 2. The molecule has 7 nitrogen and oxygen atoms in total. The van der Waals surface area contributed by atoms with Gasteiger partial charge in [0.15, 0.2) is 5.78 Å². The summed E-state index contributed by atoms with van der Waals surface area (Å²) in [5.41, 5.74) is 6.97. The lowest BCUT2D eigenvalue weighted by molar-refractivity contribution is -0.111. The van der Waals surface area contributed by atoms with Crippen LogP contribution in [0.2, 0.25) is 0 Å². The van der Waals surface area contributed by atoms with Gasteiger partial charge in [-0.25, -0.2) is 9.97 Å². The van der Waals surface area contributed by atoms with E-state index in [1.54, 1.807) is 42.9 Å². The van der Waals surface area contributed by atoms with E-state index in [1.165, 1.54) is 6.08 Å². The van der Waals surface area contributed by atoms with Crippen molar-refractivity contribution in [3.63, 3.8) is 0 Å². The zero-order valence-electron chi connectivity index (χ0n) is 21.9. The molecule has 0 spiro atoms. The van der Waals surface area contributed by atoms with Crippen molar-refractivity contribution in [1.82, 2.24) is 19.9 Å². The number of likely N-dealkylation sites (N-methyl/N-ethyl adjacent to an activating group) is 1. The summed E-state index contributed by atoms with van der Waals surface area (Å²) >= 11 is 0. The molecule has 0 aliphatic carbocycles. The Morgan fingerprint density at radius 3 is 2.47 bits per heavy atom. The van der Waals surface area contributed by atoms with Gasteiger partial charge in [-0.1, -0.05) is 30.3 Å². The van der Waals surface area contributed by atoms with Crippen molar-refractivity contribution in [1.29, 1.82) is 0 Å². The van der Waals surface area contributed by atoms with E-state index in [4.69, 9.17) is 0 Å². The maximum atomic E-state index is 12.9. The normalized spacial score (nSPS) is 11.2. The molecule has 2 heterocycles. The van der Waals surface area contributed by atoms with Gasteiger partial charge in [-0.2, -0.15) is 0 Å². The second-order valence-corrected chi connectivity index (χ2v) is 9.41. The van der Waals surface area contributed by atoms with E-state index < -0.39 is 0 Å². The lowest BCUT2D eigenvalue weighted by Crippen LogP contribution is -2.13. The molecule has 2 aromatic carbocycles. The lowest BCUT2D eigenvalue weighted by atomic mass is 9.99. The Hall–Kier alpha value is -4.49. The van der Waals surface area contributed by atoms with E-state index in [1.807, 2.05) is 68.4 Å². The highest BCUT2D eigenvalue weighted by molar-refractivity contribution is 6.00. The minimum absolute atomic E-state index is 0.0169. The molecular formula is C31H31N5O2. The van der Waals surface area contributed by atoms with Crippen LogP contribution in [0, 0.1) is 6.92 Å². The molecule has 7 heteroatoms. The number of hydrogen-bond donors (Lipinski definition) is 1. The van der Waals surface area contributed by atoms with Gasteiger partial charge in [-0.3, -0.25) is 14.6 Å². The molecule has 0 bridgehead atoms. The smallest absolute Gasteiger partial charge is 0.248 e. The summed E-state index contributed by atoms with van der Waals surface area (Å²) in [5.74, 6) is -0.183. The van der Waals surface area contributed by atoms with E-state index in [2.05, 4.69) is 20.3 Å². The van der Waals surface area contributed by atoms with Gasteiger partial charge in [-0.05, 0) is 74.6 Å². The van der Waals surface area contributed by atoms with Gasteiger partial charge in [-0.15, -0.1) is 0 Å². The molecule has 0 saturated heterocycles.